The zero-order valence-corrected chi connectivity index (χ0v) is 17.6. The Hall–Kier alpha value is -3.43. The molecule has 0 saturated carbocycles. The Morgan fingerprint density at radius 2 is 2.23 bits per heavy atom. The van der Waals surface area contributed by atoms with Gasteiger partial charge in [-0.3, -0.25) is 24.4 Å². The molecule has 0 fully saturated rings. The van der Waals surface area contributed by atoms with E-state index in [0.29, 0.717) is 30.0 Å². The highest BCUT2D eigenvalue weighted by molar-refractivity contribution is 6.08. The second-order valence-corrected chi connectivity index (χ2v) is 8.02. The number of H-pyrrole nitrogens is 1. The van der Waals surface area contributed by atoms with Gasteiger partial charge in [-0.25, -0.2) is 0 Å². The number of benzene rings is 1. The number of nitrogens with one attached hydrogen (secondary N) is 3. The molecule has 3 heterocycles. The molecule has 2 aliphatic heterocycles. The number of carbonyl (C=O) groups excluding carboxylic acids is 3. The number of aromatic nitrogens is 3. The van der Waals surface area contributed by atoms with E-state index in [9.17, 15) is 14.4 Å². The minimum Gasteiger partial charge on any atom is -0.489 e. The zero-order valence-electron chi connectivity index (χ0n) is 17.6. The van der Waals surface area contributed by atoms with Crippen LogP contribution >= 0.6 is 0 Å². The average molecular weight is 426 g/mol. The number of amides is 3. The third-order valence-corrected chi connectivity index (χ3v) is 5.77. The van der Waals surface area contributed by atoms with Crippen molar-refractivity contribution in [3.05, 3.63) is 35.7 Å². The van der Waals surface area contributed by atoms with Gasteiger partial charge in [-0.1, -0.05) is 37.6 Å². The van der Waals surface area contributed by atoms with Crippen LogP contribution in [0.3, 0.4) is 0 Å². The number of carbonyl (C=O) groups is 3. The van der Waals surface area contributed by atoms with Gasteiger partial charge in [0.15, 0.2) is 0 Å². The second-order valence-electron chi connectivity index (χ2n) is 8.02. The number of rotatable bonds is 7. The molecule has 3 N–H and O–H groups in total. The molecular formula is C21H26N6O4. The van der Waals surface area contributed by atoms with Gasteiger partial charge in [0.1, 0.15) is 30.1 Å². The summed E-state index contributed by atoms with van der Waals surface area (Å²) in [5.74, 6) is -0.0923. The van der Waals surface area contributed by atoms with Crippen LogP contribution in [0.4, 0.5) is 5.69 Å². The Labute approximate surface area is 179 Å². The summed E-state index contributed by atoms with van der Waals surface area (Å²) in [6, 6.07) is 3.91. The van der Waals surface area contributed by atoms with Crippen molar-refractivity contribution in [3.8, 4) is 5.75 Å². The molecule has 0 aliphatic carbocycles. The second kappa shape index (κ2) is 8.75. The molecule has 10 heteroatoms. The fraction of sp³-hybridized carbons (Fsp3) is 0.476. The summed E-state index contributed by atoms with van der Waals surface area (Å²) in [7, 11) is 0. The van der Waals surface area contributed by atoms with Gasteiger partial charge in [0, 0.05) is 19.0 Å². The summed E-state index contributed by atoms with van der Waals surface area (Å²) in [6.45, 7) is 4.22. The molecule has 2 aromatic rings. The lowest BCUT2D eigenvalue weighted by atomic mass is 10.0. The van der Waals surface area contributed by atoms with Crippen molar-refractivity contribution in [2.75, 3.05) is 11.5 Å². The van der Waals surface area contributed by atoms with Crippen molar-refractivity contribution in [3.63, 3.8) is 0 Å². The normalized spacial score (nSPS) is 20.5. The monoisotopic (exact) mass is 426 g/mol. The molecule has 0 saturated heterocycles. The van der Waals surface area contributed by atoms with Crippen LogP contribution in [0.5, 0.6) is 5.75 Å². The third kappa shape index (κ3) is 4.23. The van der Waals surface area contributed by atoms with Gasteiger partial charge in [-0.05, 0) is 17.5 Å². The first-order chi connectivity index (χ1) is 15.0. The van der Waals surface area contributed by atoms with Crippen molar-refractivity contribution in [2.24, 2.45) is 5.92 Å². The molecular weight excluding hydrogens is 400 g/mol. The van der Waals surface area contributed by atoms with Gasteiger partial charge in [0.2, 0.25) is 11.8 Å². The number of anilines is 1. The molecule has 0 bridgehead atoms. The van der Waals surface area contributed by atoms with Crippen molar-refractivity contribution in [2.45, 2.75) is 51.7 Å². The number of aromatic amines is 1. The van der Waals surface area contributed by atoms with Crippen molar-refractivity contribution >= 4 is 23.4 Å². The first-order valence-electron chi connectivity index (χ1n) is 10.5. The summed E-state index contributed by atoms with van der Waals surface area (Å²) in [6.07, 6.45) is 3.17. The third-order valence-electron chi connectivity index (χ3n) is 5.77. The zero-order chi connectivity index (χ0) is 22.0. The highest BCUT2D eigenvalue weighted by Gasteiger charge is 2.44. The lowest BCUT2D eigenvalue weighted by molar-refractivity contribution is -0.130. The van der Waals surface area contributed by atoms with Crippen LogP contribution in [0.2, 0.25) is 0 Å². The number of para-hydroxylation sites is 1. The maximum Gasteiger partial charge on any atom is 0.253 e. The van der Waals surface area contributed by atoms with E-state index in [1.165, 1.54) is 4.90 Å². The maximum absolute atomic E-state index is 13.4. The first-order valence-corrected chi connectivity index (χ1v) is 10.5. The van der Waals surface area contributed by atoms with Gasteiger partial charge in [0.05, 0.1) is 12.2 Å². The van der Waals surface area contributed by atoms with Gasteiger partial charge < -0.3 is 15.4 Å². The maximum atomic E-state index is 13.4. The molecule has 0 unspecified atom stereocenters. The highest BCUT2D eigenvalue weighted by atomic mass is 16.5. The predicted molar refractivity (Wildman–Crippen MR) is 111 cm³/mol. The van der Waals surface area contributed by atoms with Crippen LogP contribution in [0, 0.1) is 5.92 Å². The molecule has 4 rings (SSSR count). The Morgan fingerprint density at radius 3 is 2.97 bits per heavy atom. The first kappa shape index (κ1) is 20.8. The molecule has 3 amide bonds. The SMILES string of the molecule is CC[C@H](C)CC(=O)N[C@H]1COc2cccc3c2N(C1=O)[C@H](C(=O)NCc1c[nH]nn1)C3. The van der Waals surface area contributed by atoms with Crippen LogP contribution in [0.15, 0.2) is 24.4 Å². The molecule has 164 valence electrons. The van der Waals surface area contributed by atoms with Gasteiger partial charge >= 0.3 is 0 Å². The van der Waals surface area contributed by atoms with E-state index < -0.39 is 12.1 Å². The highest BCUT2D eigenvalue weighted by Crippen LogP contribution is 2.42. The Kier molecular flexibility index (Phi) is 5.88. The summed E-state index contributed by atoms with van der Waals surface area (Å²) >= 11 is 0. The molecule has 3 atom stereocenters. The van der Waals surface area contributed by atoms with Crippen LogP contribution in [0.1, 0.15) is 37.9 Å². The molecule has 1 aromatic heterocycles. The van der Waals surface area contributed by atoms with Crippen LogP contribution in [-0.2, 0) is 27.3 Å². The minimum atomic E-state index is -0.860. The number of ether oxygens (including phenoxy) is 1. The van der Waals surface area contributed by atoms with E-state index in [1.54, 1.807) is 12.3 Å². The minimum absolute atomic E-state index is 0.0192. The molecule has 1 aromatic carbocycles. The van der Waals surface area contributed by atoms with Crippen LogP contribution < -0.4 is 20.3 Å². The Balaban J connectivity index is 1.55. The summed E-state index contributed by atoms with van der Waals surface area (Å²) in [5.41, 5.74) is 2.05. The fourth-order valence-corrected chi connectivity index (χ4v) is 3.89. The van der Waals surface area contributed by atoms with Gasteiger partial charge in [0.25, 0.3) is 5.91 Å². The van der Waals surface area contributed by atoms with Crippen LogP contribution in [-0.4, -0.2) is 51.8 Å². The summed E-state index contributed by atoms with van der Waals surface area (Å²) in [5, 5.41) is 15.7. The van der Waals surface area contributed by atoms with E-state index in [0.717, 1.165) is 12.0 Å². The Bertz CT molecular complexity index is 976. The van der Waals surface area contributed by atoms with Crippen molar-refractivity contribution in [1.29, 1.82) is 0 Å². The number of hydrogen-bond donors (Lipinski definition) is 3. The molecule has 0 radical (unpaired) electrons. The molecule has 10 nitrogen and oxygen atoms in total. The summed E-state index contributed by atoms with van der Waals surface area (Å²) < 4.78 is 5.87. The van der Waals surface area contributed by atoms with Crippen molar-refractivity contribution in [1.82, 2.24) is 26.0 Å². The van der Waals surface area contributed by atoms with Crippen molar-refractivity contribution < 1.29 is 19.1 Å². The standard InChI is InChI=1S/C21H26N6O4/c1-3-12(2)7-18(28)24-15-11-31-17-6-4-5-13-8-16(27(19(13)17)21(15)30)20(29)22-9-14-10-23-26-25-14/h4-6,10,12,15-16H,3,7-9,11H2,1-2H3,(H,22,29)(H,24,28)(H,23,25,26)/t12-,15-,16-/m0/s1. The van der Waals surface area contributed by atoms with E-state index in [-0.39, 0.29) is 36.8 Å². The quantitative estimate of drug-likeness (QED) is 0.597. The van der Waals surface area contributed by atoms with Gasteiger partial charge in [-0.2, -0.15) is 0 Å². The van der Waals surface area contributed by atoms with Crippen LogP contribution in [0.25, 0.3) is 0 Å². The fourth-order valence-electron chi connectivity index (χ4n) is 3.89. The summed E-state index contributed by atoms with van der Waals surface area (Å²) in [4.78, 5) is 40.3. The lowest BCUT2D eigenvalue weighted by Crippen LogP contribution is -2.55. The smallest absolute Gasteiger partial charge is 0.253 e. The van der Waals surface area contributed by atoms with E-state index in [2.05, 4.69) is 26.0 Å². The lowest BCUT2D eigenvalue weighted by Gasteiger charge is -2.26. The molecule has 31 heavy (non-hydrogen) atoms. The van der Waals surface area contributed by atoms with E-state index in [1.807, 2.05) is 26.0 Å². The largest absolute Gasteiger partial charge is 0.489 e. The van der Waals surface area contributed by atoms with E-state index in [4.69, 9.17) is 4.74 Å². The Morgan fingerprint density at radius 1 is 1.39 bits per heavy atom. The number of hydrogen-bond acceptors (Lipinski definition) is 6. The number of nitrogens with zero attached hydrogens (tertiary/aromatic N) is 3. The average Bonchev–Trinajstić information content (AvgIpc) is 3.39. The molecule has 0 spiro atoms. The van der Waals surface area contributed by atoms with Gasteiger partial charge in [-0.15, -0.1) is 5.10 Å². The van der Waals surface area contributed by atoms with E-state index >= 15 is 0 Å². The molecule has 2 aliphatic rings. The predicted octanol–water partition coefficient (Wildman–Crippen LogP) is 0.692. The topological polar surface area (TPSA) is 129 Å².